The van der Waals surface area contributed by atoms with E-state index in [4.69, 9.17) is 10.8 Å². The van der Waals surface area contributed by atoms with E-state index in [9.17, 15) is 27.2 Å². The van der Waals surface area contributed by atoms with E-state index in [2.05, 4.69) is 15.4 Å². The van der Waals surface area contributed by atoms with Gasteiger partial charge >= 0.3 is 18.4 Å². The van der Waals surface area contributed by atoms with Gasteiger partial charge in [0.25, 0.3) is 0 Å². The van der Waals surface area contributed by atoms with E-state index >= 15 is 0 Å². The number of thioether (sulfide) groups is 1. The Balaban J connectivity index is 0.000000365. The molecule has 176 valence electrons. The summed E-state index contributed by atoms with van der Waals surface area (Å²) in [5.74, 6) is 0.415. The van der Waals surface area contributed by atoms with Gasteiger partial charge in [-0.3, -0.25) is 0 Å². The number of nitrogens with one attached hydrogen (secondary N) is 2. The summed E-state index contributed by atoms with van der Waals surface area (Å²) in [6.07, 6.45) is -1.94. The SMILES string of the molecule is CO.NC(=O)N1CCCSC1.O=C(NCc1ccc(OC(F)(F)F)cc1F)NC1CC1. The monoisotopic (exact) mass is 470 g/mol. The Morgan fingerprint density at radius 2 is 2.00 bits per heavy atom. The van der Waals surface area contributed by atoms with E-state index in [0.29, 0.717) is 6.07 Å². The van der Waals surface area contributed by atoms with Crippen LogP contribution in [0.1, 0.15) is 24.8 Å². The van der Waals surface area contributed by atoms with Crippen LogP contribution in [0, 0.1) is 5.82 Å². The molecule has 0 spiro atoms. The van der Waals surface area contributed by atoms with Crippen molar-refractivity contribution in [2.75, 3.05) is 25.3 Å². The lowest BCUT2D eigenvalue weighted by Gasteiger charge is -2.23. The minimum Gasteiger partial charge on any atom is -0.406 e. The Hall–Kier alpha value is -2.41. The minimum atomic E-state index is -4.86. The van der Waals surface area contributed by atoms with Crippen molar-refractivity contribution in [2.24, 2.45) is 5.73 Å². The molecule has 0 atom stereocenters. The van der Waals surface area contributed by atoms with Crippen LogP contribution in [0.2, 0.25) is 0 Å². The zero-order valence-electron chi connectivity index (χ0n) is 16.9. The number of aliphatic hydroxyl groups excluding tert-OH is 1. The van der Waals surface area contributed by atoms with Crippen molar-refractivity contribution >= 4 is 23.8 Å². The zero-order chi connectivity index (χ0) is 23.4. The number of halogens is 4. The first-order valence-corrected chi connectivity index (χ1v) is 10.4. The Morgan fingerprint density at radius 1 is 1.32 bits per heavy atom. The highest BCUT2D eigenvalue weighted by Crippen LogP contribution is 2.24. The number of urea groups is 2. The summed E-state index contributed by atoms with van der Waals surface area (Å²) in [5, 5.41) is 12.1. The fourth-order valence-corrected chi connectivity index (χ4v) is 3.22. The zero-order valence-corrected chi connectivity index (χ0v) is 17.7. The van der Waals surface area contributed by atoms with Crippen LogP contribution in [0.5, 0.6) is 5.75 Å². The van der Waals surface area contributed by atoms with Crippen LogP contribution in [-0.4, -0.2) is 59.8 Å². The van der Waals surface area contributed by atoms with Crippen molar-refractivity contribution in [3.05, 3.63) is 29.6 Å². The minimum absolute atomic E-state index is 0.0745. The average Bonchev–Trinajstić information content (AvgIpc) is 3.53. The van der Waals surface area contributed by atoms with Crippen LogP contribution >= 0.6 is 11.8 Å². The third kappa shape index (κ3) is 11.5. The summed E-state index contributed by atoms with van der Waals surface area (Å²) in [7, 11) is 1.00. The number of hydrogen-bond acceptors (Lipinski definition) is 5. The first-order chi connectivity index (χ1) is 14.6. The van der Waals surface area contributed by atoms with E-state index in [-0.39, 0.29) is 24.2 Å². The Labute approximate surface area is 181 Å². The van der Waals surface area contributed by atoms with Crippen molar-refractivity contribution in [3.63, 3.8) is 0 Å². The van der Waals surface area contributed by atoms with Gasteiger partial charge in [0.15, 0.2) is 0 Å². The topological polar surface area (TPSA) is 117 Å². The van der Waals surface area contributed by atoms with Crippen LogP contribution in [0.4, 0.5) is 27.2 Å². The van der Waals surface area contributed by atoms with E-state index in [1.165, 1.54) is 0 Å². The molecule has 2 aliphatic rings. The van der Waals surface area contributed by atoms with Crippen molar-refractivity contribution in [1.82, 2.24) is 15.5 Å². The standard InChI is InChI=1S/C12H12F4N2O2.C5H10N2OS.CH4O/c13-10-5-9(20-12(14,15)16)4-1-7(10)6-17-11(19)18-8-2-3-8;6-5(8)7-2-1-3-9-4-7;1-2/h1,4-5,8H,2-3,6H2,(H2,17,18,19);1-4H2,(H2,6,8);2H,1H3. The smallest absolute Gasteiger partial charge is 0.406 e. The molecule has 0 bridgehead atoms. The molecule has 1 saturated carbocycles. The molecule has 1 aromatic carbocycles. The van der Waals surface area contributed by atoms with Crippen molar-refractivity contribution in [3.8, 4) is 5.75 Å². The van der Waals surface area contributed by atoms with Crippen LogP contribution in [-0.2, 0) is 6.54 Å². The van der Waals surface area contributed by atoms with Crippen LogP contribution in [0.25, 0.3) is 0 Å². The lowest BCUT2D eigenvalue weighted by Crippen LogP contribution is -2.38. The van der Waals surface area contributed by atoms with E-state index < -0.39 is 24.0 Å². The number of amides is 4. The summed E-state index contributed by atoms with van der Waals surface area (Å²) in [6, 6.07) is 2.20. The first-order valence-electron chi connectivity index (χ1n) is 9.29. The number of aliphatic hydroxyl groups is 1. The molecular weight excluding hydrogens is 444 g/mol. The molecule has 0 radical (unpaired) electrons. The second kappa shape index (κ2) is 13.1. The number of hydrogen-bond donors (Lipinski definition) is 4. The number of nitrogens with two attached hydrogens (primary N) is 1. The number of carbonyl (C=O) groups excluding carboxylic acids is 2. The summed E-state index contributed by atoms with van der Waals surface area (Å²) in [4.78, 5) is 23.5. The molecule has 31 heavy (non-hydrogen) atoms. The largest absolute Gasteiger partial charge is 0.573 e. The number of ether oxygens (including phenoxy) is 1. The van der Waals surface area contributed by atoms with Gasteiger partial charge in [0.2, 0.25) is 0 Å². The Morgan fingerprint density at radius 3 is 2.45 bits per heavy atom. The molecule has 1 aliphatic carbocycles. The molecule has 1 aliphatic heterocycles. The van der Waals surface area contributed by atoms with E-state index in [1.807, 2.05) is 0 Å². The quantitative estimate of drug-likeness (QED) is 0.505. The third-order valence-electron chi connectivity index (χ3n) is 3.89. The molecular formula is C18H26F4N4O4S. The lowest BCUT2D eigenvalue weighted by molar-refractivity contribution is -0.274. The van der Waals surface area contributed by atoms with Gasteiger partial charge in [0.05, 0.1) is 5.88 Å². The van der Waals surface area contributed by atoms with Crippen molar-refractivity contribution in [1.29, 1.82) is 0 Å². The van der Waals surface area contributed by atoms with Gasteiger partial charge in [0, 0.05) is 37.9 Å². The highest BCUT2D eigenvalue weighted by atomic mass is 32.2. The van der Waals surface area contributed by atoms with Crippen molar-refractivity contribution in [2.45, 2.75) is 38.2 Å². The first kappa shape index (κ1) is 26.6. The highest BCUT2D eigenvalue weighted by molar-refractivity contribution is 7.99. The molecule has 1 aromatic rings. The maximum Gasteiger partial charge on any atom is 0.573 e. The van der Waals surface area contributed by atoms with Crippen molar-refractivity contribution < 1.29 is 37.0 Å². The fourth-order valence-electron chi connectivity index (χ4n) is 2.28. The molecule has 1 saturated heterocycles. The number of benzene rings is 1. The number of alkyl halides is 3. The maximum absolute atomic E-state index is 13.5. The normalized spacial score (nSPS) is 15.5. The molecule has 0 unspecified atom stereocenters. The number of nitrogens with zero attached hydrogens (tertiary/aromatic N) is 1. The van der Waals surface area contributed by atoms with Gasteiger partial charge < -0.3 is 31.1 Å². The Bertz CT molecular complexity index is 714. The summed E-state index contributed by atoms with van der Waals surface area (Å²) in [6.45, 7) is 0.721. The average molecular weight is 470 g/mol. The van der Waals surface area contributed by atoms with Gasteiger partial charge in [0.1, 0.15) is 11.6 Å². The van der Waals surface area contributed by atoms with Gasteiger partial charge in [-0.2, -0.15) is 0 Å². The van der Waals surface area contributed by atoms with E-state index in [1.54, 1.807) is 16.7 Å². The molecule has 3 rings (SSSR count). The molecule has 2 fully saturated rings. The lowest BCUT2D eigenvalue weighted by atomic mass is 10.2. The van der Waals surface area contributed by atoms with Gasteiger partial charge in [-0.1, -0.05) is 6.07 Å². The molecule has 5 N–H and O–H groups in total. The Kier molecular flexibility index (Phi) is 11.3. The predicted octanol–water partition coefficient (Wildman–Crippen LogP) is 2.76. The maximum atomic E-state index is 13.5. The van der Waals surface area contributed by atoms with Crippen LogP contribution in [0.3, 0.4) is 0 Å². The van der Waals surface area contributed by atoms with Crippen LogP contribution in [0.15, 0.2) is 18.2 Å². The van der Waals surface area contributed by atoms with Gasteiger partial charge in [-0.15, -0.1) is 24.9 Å². The van der Waals surface area contributed by atoms with Crippen LogP contribution < -0.4 is 21.1 Å². The van der Waals surface area contributed by atoms with E-state index in [0.717, 1.165) is 56.7 Å². The third-order valence-corrected chi connectivity index (χ3v) is 4.96. The summed E-state index contributed by atoms with van der Waals surface area (Å²) < 4.78 is 53.0. The molecule has 1 heterocycles. The number of carbonyl (C=O) groups is 2. The van der Waals surface area contributed by atoms with Gasteiger partial charge in [-0.25, -0.2) is 14.0 Å². The predicted molar refractivity (Wildman–Crippen MR) is 108 cm³/mol. The number of primary amides is 1. The molecule has 13 heteroatoms. The summed E-state index contributed by atoms with van der Waals surface area (Å²) in [5.41, 5.74) is 5.12. The second-order valence-electron chi connectivity index (χ2n) is 6.39. The molecule has 8 nitrogen and oxygen atoms in total. The molecule has 0 aromatic heterocycles. The summed E-state index contributed by atoms with van der Waals surface area (Å²) >= 11 is 1.76. The van der Waals surface area contributed by atoms with Gasteiger partial charge in [-0.05, 0) is 31.1 Å². The fraction of sp³-hybridized carbons (Fsp3) is 0.556. The number of rotatable bonds is 4. The highest BCUT2D eigenvalue weighted by Gasteiger charge is 2.31. The second-order valence-corrected chi connectivity index (χ2v) is 7.47. The molecule has 4 amide bonds.